The van der Waals surface area contributed by atoms with E-state index in [-0.39, 0.29) is 0 Å². The number of rotatable bonds is 9. The minimum Gasteiger partial charge on any atom is -0.489 e. The van der Waals surface area contributed by atoms with Crippen molar-refractivity contribution < 1.29 is 29.3 Å². The average Bonchev–Trinajstić information content (AvgIpc) is 2.60. The zero-order valence-electron chi connectivity index (χ0n) is 13.4. The van der Waals surface area contributed by atoms with Crippen LogP contribution < -0.4 is 15.2 Å². The average molecular weight is 345 g/mol. The summed E-state index contributed by atoms with van der Waals surface area (Å²) in [6.45, 7) is 0.409. The van der Waals surface area contributed by atoms with Crippen LogP contribution in [0.4, 0.5) is 0 Å². The molecule has 2 atom stereocenters. The first-order valence-electron chi connectivity index (χ1n) is 7.59. The van der Waals surface area contributed by atoms with Crippen LogP contribution in [0, 0.1) is 0 Å². The van der Waals surface area contributed by atoms with Crippen LogP contribution in [-0.4, -0.2) is 34.3 Å². The van der Waals surface area contributed by atoms with E-state index in [0.717, 1.165) is 5.56 Å². The van der Waals surface area contributed by atoms with Crippen LogP contribution >= 0.6 is 0 Å². The van der Waals surface area contributed by atoms with Gasteiger partial charge in [-0.3, -0.25) is 9.59 Å². The highest BCUT2D eigenvalue weighted by molar-refractivity contribution is 5.76. The third-order valence-electron chi connectivity index (χ3n) is 3.42. The highest BCUT2D eigenvalue weighted by Gasteiger charge is 2.28. The third kappa shape index (κ3) is 5.82. The molecule has 25 heavy (non-hydrogen) atoms. The summed E-state index contributed by atoms with van der Waals surface area (Å²) >= 11 is 0. The number of carboxylic acids is 2. The number of carboxylic acid groups (broad SMARTS) is 2. The van der Waals surface area contributed by atoms with Gasteiger partial charge >= 0.3 is 11.9 Å². The summed E-state index contributed by atoms with van der Waals surface area (Å²) in [6.07, 6.45) is -1.69. The van der Waals surface area contributed by atoms with Crippen LogP contribution in [0.5, 0.6) is 11.5 Å². The molecule has 0 aliphatic rings. The first kappa shape index (κ1) is 18.3. The van der Waals surface area contributed by atoms with Gasteiger partial charge in [0.1, 0.15) is 30.3 Å². The van der Waals surface area contributed by atoms with Crippen LogP contribution in [0.15, 0.2) is 54.6 Å². The van der Waals surface area contributed by atoms with Crippen molar-refractivity contribution >= 4 is 11.9 Å². The number of ether oxygens (including phenoxy) is 2. The molecular formula is C18H19NO6. The summed E-state index contributed by atoms with van der Waals surface area (Å²) in [6, 6.07) is 14.7. The lowest BCUT2D eigenvalue weighted by molar-refractivity contribution is -0.143. The zero-order chi connectivity index (χ0) is 18.2. The number of hydrogen-bond acceptors (Lipinski definition) is 5. The topological polar surface area (TPSA) is 119 Å². The van der Waals surface area contributed by atoms with Crippen molar-refractivity contribution in [2.24, 2.45) is 5.73 Å². The number of nitrogens with two attached hydrogens (primary N) is 1. The summed E-state index contributed by atoms with van der Waals surface area (Å²) < 4.78 is 11.1. The molecule has 4 N–H and O–H groups in total. The first-order valence-corrected chi connectivity index (χ1v) is 7.59. The molecule has 7 nitrogen and oxygen atoms in total. The monoisotopic (exact) mass is 345 g/mol. The molecule has 0 radical (unpaired) electrons. The fourth-order valence-electron chi connectivity index (χ4n) is 2.10. The van der Waals surface area contributed by atoms with Crippen molar-refractivity contribution in [2.45, 2.75) is 25.2 Å². The van der Waals surface area contributed by atoms with Crippen molar-refractivity contribution in [1.29, 1.82) is 0 Å². The van der Waals surface area contributed by atoms with Crippen molar-refractivity contribution in [3.05, 3.63) is 60.2 Å². The molecular weight excluding hydrogens is 326 g/mol. The number of hydrogen-bond donors (Lipinski definition) is 3. The molecule has 0 spiro atoms. The molecule has 0 bridgehead atoms. The van der Waals surface area contributed by atoms with E-state index < -0.39 is 30.5 Å². The molecule has 2 unspecified atom stereocenters. The second kappa shape index (κ2) is 8.70. The molecule has 0 saturated heterocycles. The lowest BCUT2D eigenvalue weighted by atomic mass is 10.1. The maximum atomic E-state index is 11.0. The lowest BCUT2D eigenvalue weighted by Gasteiger charge is -2.21. The van der Waals surface area contributed by atoms with Crippen LogP contribution in [0.25, 0.3) is 0 Å². The Morgan fingerprint density at radius 1 is 0.960 bits per heavy atom. The Morgan fingerprint density at radius 3 is 2.12 bits per heavy atom. The fourth-order valence-corrected chi connectivity index (χ4v) is 2.10. The molecule has 0 amide bonds. The number of benzene rings is 2. The largest absolute Gasteiger partial charge is 0.489 e. The van der Waals surface area contributed by atoms with Gasteiger partial charge in [0, 0.05) is 0 Å². The van der Waals surface area contributed by atoms with Crippen molar-refractivity contribution in [1.82, 2.24) is 0 Å². The van der Waals surface area contributed by atoms with E-state index in [2.05, 4.69) is 0 Å². The van der Waals surface area contributed by atoms with E-state index in [9.17, 15) is 9.59 Å². The SMILES string of the molecule is NC(C(=O)O)C(CC(=O)O)Oc1ccc(OCc2ccccc2)cc1. The second-order valence-corrected chi connectivity index (χ2v) is 5.36. The molecule has 2 rings (SSSR count). The van der Waals surface area contributed by atoms with Gasteiger partial charge in [0.05, 0.1) is 6.42 Å². The van der Waals surface area contributed by atoms with E-state index in [0.29, 0.717) is 18.1 Å². The van der Waals surface area contributed by atoms with Gasteiger partial charge in [0.25, 0.3) is 0 Å². The Kier molecular flexibility index (Phi) is 6.36. The zero-order valence-corrected chi connectivity index (χ0v) is 13.4. The van der Waals surface area contributed by atoms with Gasteiger partial charge in [-0.05, 0) is 29.8 Å². The maximum absolute atomic E-state index is 11.0. The Labute approximate surface area is 144 Å². The van der Waals surface area contributed by atoms with Crippen LogP contribution in [0.2, 0.25) is 0 Å². The van der Waals surface area contributed by atoms with Gasteiger partial charge in [0.2, 0.25) is 0 Å². The molecule has 0 fully saturated rings. The minimum absolute atomic E-state index is 0.315. The summed E-state index contributed by atoms with van der Waals surface area (Å²) in [5.74, 6) is -1.60. The van der Waals surface area contributed by atoms with E-state index >= 15 is 0 Å². The quantitative estimate of drug-likeness (QED) is 0.635. The highest BCUT2D eigenvalue weighted by Crippen LogP contribution is 2.21. The molecule has 7 heteroatoms. The van der Waals surface area contributed by atoms with Crippen molar-refractivity contribution in [3.8, 4) is 11.5 Å². The van der Waals surface area contributed by atoms with Crippen LogP contribution in [0.3, 0.4) is 0 Å². The number of carbonyl (C=O) groups is 2. The standard InChI is InChI=1S/C18H19NO6/c19-17(18(22)23)15(10-16(20)21)25-14-8-6-13(7-9-14)24-11-12-4-2-1-3-5-12/h1-9,15,17H,10-11,19H2,(H,20,21)(H,22,23). The van der Waals surface area contributed by atoms with Crippen LogP contribution in [0.1, 0.15) is 12.0 Å². The molecule has 0 saturated carbocycles. The van der Waals surface area contributed by atoms with Crippen molar-refractivity contribution in [3.63, 3.8) is 0 Å². The van der Waals surface area contributed by atoms with Gasteiger partial charge in [-0.15, -0.1) is 0 Å². The smallest absolute Gasteiger partial charge is 0.324 e. The molecule has 0 aliphatic heterocycles. The van der Waals surface area contributed by atoms with E-state index in [1.165, 1.54) is 0 Å². The molecule has 0 aliphatic carbocycles. The summed E-state index contributed by atoms with van der Waals surface area (Å²) in [5.41, 5.74) is 6.51. The predicted molar refractivity (Wildman–Crippen MR) is 89.5 cm³/mol. The molecule has 2 aromatic rings. The predicted octanol–water partition coefficient (Wildman–Crippen LogP) is 1.90. The first-order chi connectivity index (χ1) is 12.0. The Hall–Kier alpha value is -3.06. The highest BCUT2D eigenvalue weighted by atomic mass is 16.5. The Balaban J connectivity index is 1.97. The summed E-state index contributed by atoms with van der Waals surface area (Å²) in [7, 11) is 0. The van der Waals surface area contributed by atoms with Gasteiger partial charge < -0.3 is 25.4 Å². The summed E-state index contributed by atoms with van der Waals surface area (Å²) in [4.78, 5) is 21.8. The van der Waals surface area contributed by atoms with E-state index in [1.807, 2.05) is 30.3 Å². The second-order valence-electron chi connectivity index (χ2n) is 5.36. The van der Waals surface area contributed by atoms with Gasteiger partial charge in [-0.1, -0.05) is 30.3 Å². The van der Waals surface area contributed by atoms with Gasteiger partial charge in [0.15, 0.2) is 0 Å². The molecule has 2 aromatic carbocycles. The lowest BCUT2D eigenvalue weighted by Crippen LogP contribution is -2.46. The van der Waals surface area contributed by atoms with Gasteiger partial charge in [-0.2, -0.15) is 0 Å². The fraction of sp³-hybridized carbons (Fsp3) is 0.222. The summed E-state index contributed by atoms with van der Waals surface area (Å²) in [5, 5.41) is 17.8. The van der Waals surface area contributed by atoms with Crippen LogP contribution in [-0.2, 0) is 16.2 Å². The third-order valence-corrected chi connectivity index (χ3v) is 3.42. The normalized spacial score (nSPS) is 12.8. The Morgan fingerprint density at radius 2 is 1.56 bits per heavy atom. The van der Waals surface area contributed by atoms with E-state index in [4.69, 9.17) is 25.4 Å². The Bertz CT molecular complexity index is 701. The van der Waals surface area contributed by atoms with Crippen molar-refractivity contribution in [2.75, 3.05) is 0 Å². The molecule has 132 valence electrons. The minimum atomic E-state index is -1.44. The van der Waals surface area contributed by atoms with Gasteiger partial charge in [-0.25, -0.2) is 0 Å². The number of aliphatic carboxylic acids is 2. The van der Waals surface area contributed by atoms with E-state index in [1.54, 1.807) is 24.3 Å². The maximum Gasteiger partial charge on any atom is 0.324 e. The molecule has 0 aromatic heterocycles. The molecule has 0 heterocycles.